The molecule has 102 valence electrons. The zero-order valence-electron chi connectivity index (χ0n) is 11.2. The van der Waals surface area contributed by atoms with Gasteiger partial charge in [-0.25, -0.2) is 0 Å². The molecule has 1 saturated carbocycles. The van der Waals surface area contributed by atoms with E-state index in [0.29, 0.717) is 22.5 Å². The lowest BCUT2D eigenvalue weighted by molar-refractivity contribution is 0.0910. The number of rotatable bonds is 3. The number of carbonyl (C=O) groups is 1. The number of amides is 1. The van der Waals surface area contributed by atoms with Gasteiger partial charge < -0.3 is 11.1 Å². The van der Waals surface area contributed by atoms with Crippen LogP contribution in [0.25, 0.3) is 0 Å². The van der Waals surface area contributed by atoms with E-state index in [4.69, 9.17) is 18.0 Å². The Hall–Kier alpha value is -1.42. The number of nitrogens with two attached hydrogens (primary N) is 1. The van der Waals surface area contributed by atoms with E-state index in [-0.39, 0.29) is 5.91 Å². The molecule has 1 aliphatic rings. The Labute approximate surface area is 119 Å². The summed E-state index contributed by atoms with van der Waals surface area (Å²) in [5, 5.41) is 3.13. The van der Waals surface area contributed by atoms with Crippen molar-refractivity contribution in [2.75, 3.05) is 0 Å². The summed E-state index contributed by atoms with van der Waals surface area (Å²) >= 11 is 4.89. The SMILES string of the molecule is CC1CCCCC1NC(=O)c1ccc(C(N)=S)cc1. The molecular weight excluding hydrogens is 256 g/mol. The van der Waals surface area contributed by atoms with Crippen LogP contribution in [0.2, 0.25) is 0 Å². The van der Waals surface area contributed by atoms with Gasteiger partial charge in [-0.2, -0.15) is 0 Å². The first-order valence-electron chi connectivity index (χ1n) is 6.78. The summed E-state index contributed by atoms with van der Waals surface area (Å²) in [4.78, 5) is 12.5. The van der Waals surface area contributed by atoms with Crippen molar-refractivity contribution in [2.45, 2.75) is 38.6 Å². The summed E-state index contributed by atoms with van der Waals surface area (Å²) in [5.41, 5.74) is 6.99. The van der Waals surface area contributed by atoms with Gasteiger partial charge in [0.2, 0.25) is 0 Å². The lowest BCUT2D eigenvalue weighted by Crippen LogP contribution is -2.41. The molecule has 3 N–H and O–H groups in total. The van der Waals surface area contributed by atoms with Crippen molar-refractivity contribution in [3.05, 3.63) is 35.4 Å². The molecule has 2 atom stereocenters. The molecular formula is C15H20N2OS. The van der Waals surface area contributed by atoms with Crippen molar-refractivity contribution in [1.29, 1.82) is 0 Å². The molecule has 19 heavy (non-hydrogen) atoms. The maximum atomic E-state index is 12.2. The molecule has 1 aromatic rings. The second-order valence-electron chi connectivity index (χ2n) is 5.28. The second kappa shape index (κ2) is 6.15. The average molecular weight is 276 g/mol. The van der Waals surface area contributed by atoms with Crippen LogP contribution in [0.4, 0.5) is 0 Å². The fourth-order valence-electron chi connectivity index (χ4n) is 2.57. The molecule has 0 bridgehead atoms. The van der Waals surface area contributed by atoms with Crippen molar-refractivity contribution in [2.24, 2.45) is 11.7 Å². The molecule has 2 unspecified atom stereocenters. The van der Waals surface area contributed by atoms with E-state index in [1.165, 1.54) is 19.3 Å². The van der Waals surface area contributed by atoms with Crippen LogP contribution in [0.5, 0.6) is 0 Å². The minimum Gasteiger partial charge on any atom is -0.389 e. The van der Waals surface area contributed by atoms with Crippen LogP contribution in [0.15, 0.2) is 24.3 Å². The van der Waals surface area contributed by atoms with Gasteiger partial charge >= 0.3 is 0 Å². The predicted molar refractivity (Wildman–Crippen MR) is 81.2 cm³/mol. The molecule has 1 amide bonds. The smallest absolute Gasteiger partial charge is 0.251 e. The number of hydrogen-bond acceptors (Lipinski definition) is 2. The highest BCUT2D eigenvalue weighted by molar-refractivity contribution is 7.80. The molecule has 0 aromatic heterocycles. The van der Waals surface area contributed by atoms with Crippen molar-refractivity contribution < 1.29 is 4.79 Å². The Balaban J connectivity index is 2.01. The summed E-state index contributed by atoms with van der Waals surface area (Å²) in [6.07, 6.45) is 4.76. The molecule has 0 aliphatic heterocycles. The molecule has 0 radical (unpaired) electrons. The van der Waals surface area contributed by atoms with Gasteiger partial charge in [-0.15, -0.1) is 0 Å². The van der Waals surface area contributed by atoms with E-state index in [9.17, 15) is 4.79 Å². The van der Waals surface area contributed by atoms with E-state index in [2.05, 4.69) is 12.2 Å². The van der Waals surface area contributed by atoms with Gasteiger partial charge in [0.15, 0.2) is 0 Å². The molecule has 1 aliphatic carbocycles. The van der Waals surface area contributed by atoms with Crippen LogP contribution >= 0.6 is 12.2 Å². The number of carbonyl (C=O) groups excluding carboxylic acids is 1. The zero-order chi connectivity index (χ0) is 13.8. The van der Waals surface area contributed by atoms with Crippen LogP contribution in [0.3, 0.4) is 0 Å². The van der Waals surface area contributed by atoms with Crippen LogP contribution < -0.4 is 11.1 Å². The first kappa shape index (κ1) is 14.0. The topological polar surface area (TPSA) is 55.1 Å². The van der Waals surface area contributed by atoms with Crippen molar-refractivity contribution >= 4 is 23.1 Å². The molecule has 0 saturated heterocycles. The standard InChI is InChI=1S/C15H20N2OS/c1-10-4-2-3-5-13(10)17-15(18)12-8-6-11(7-9-12)14(16)19/h6-10,13H,2-5H2,1H3,(H2,16,19)(H,17,18). The minimum absolute atomic E-state index is 0.00626. The molecule has 2 rings (SSSR count). The number of hydrogen-bond donors (Lipinski definition) is 2. The van der Waals surface area contributed by atoms with Gasteiger partial charge in [-0.05, 0) is 30.9 Å². The first-order chi connectivity index (χ1) is 9.08. The third kappa shape index (κ3) is 3.53. The van der Waals surface area contributed by atoms with Crippen molar-refractivity contribution in [3.63, 3.8) is 0 Å². The van der Waals surface area contributed by atoms with Crippen LogP contribution in [0, 0.1) is 5.92 Å². The Morgan fingerprint density at radius 2 is 1.79 bits per heavy atom. The highest BCUT2D eigenvalue weighted by atomic mass is 32.1. The Morgan fingerprint density at radius 1 is 1.21 bits per heavy atom. The second-order valence-corrected chi connectivity index (χ2v) is 5.72. The van der Waals surface area contributed by atoms with Crippen LogP contribution in [-0.4, -0.2) is 16.9 Å². The van der Waals surface area contributed by atoms with Gasteiger partial charge in [-0.1, -0.05) is 44.1 Å². The summed E-state index contributed by atoms with van der Waals surface area (Å²) in [6, 6.07) is 7.44. The van der Waals surface area contributed by atoms with Crippen molar-refractivity contribution in [3.8, 4) is 0 Å². The summed E-state index contributed by atoms with van der Waals surface area (Å²) in [7, 11) is 0. The number of thiocarbonyl (C=S) groups is 1. The van der Waals surface area contributed by atoms with Crippen molar-refractivity contribution in [1.82, 2.24) is 5.32 Å². The van der Waals surface area contributed by atoms with Gasteiger partial charge in [-0.3, -0.25) is 4.79 Å². The Morgan fingerprint density at radius 3 is 2.37 bits per heavy atom. The summed E-state index contributed by atoms with van der Waals surface area (Å²) < 4.78 is 0. The van der Waals surface area contributed by atoms with E-state index in [0.717, 1.165) is 12.0 Å². The highest BCUT2D eigenvalue weighted by Crippen LogP contribution is 2.24. The van der Waals surface area contributed by atoms with E-state index < -0.39 is 0 Å². The average Bonchev–Trinajstić information content (AvgIpc) is 2.41. The third-order valence-electron chi connectivity index (χ3n) is 3.86. The molecule has 1 fully saturated rings. The highest BCUT2D eigenvalue weighted by Gasteiger charge is 2.23. The number of nitrogens with one attached hydrogen (secondary N) is 1. The predicted octanol–water partition coefficient (Wildman–Crippen LogP) is 2.63. The van der Waals surface area contributed by atoms with Crippen LogP contribution in [0.1, 0.15) is 48.5 Å². The van der Waals surface area contributed by atoms with E-state index in [1.807, 2.05) is 0 Å². The molecule has 4 heteroatoms. The van der Waals surface area contributed by atoms with Gasteiger partial charge in [0.1, 0.15) is 4.99 Å². The van der Waals surface area contributed by atoms with Gasteiger partial charge in [0.05, 0.1) is 0 Å². The fourth-order valence-corrected chi connectivity index (χ4v) is 2.70. The molecule has 3 nitrogen and oxygen atoms in total. The molecule has 0 spiro atoms. The van der Waals surface area contributed by atoms with E-state index in [1.54, 1.807) is 24.3 Å². The molecule has 0 heterocycles. The summed E-state index contributed by atoms with van der Waals surface area (Å²) in [6.45, 7) is 2.21. The summed E-state index contributed by atoms with van der Waals surface area (Å²) in [5.74, 6) is 0.557. The monoisotopic (exact) mass is 276 g/mol. The van der Waals surface area contributed by atoms with E-state index >= 15 is 0 Å². The third-order valence-corrected chi connectivity index (χ3v) is 4.10. The Bertz CT molecular complexity index is 470. The maximum absolute atomic E-state index is 12.2. The quantitative estimate of drug-likeness (QED) is 0.834. The lowest BCUT2D eigenvalue weighted by atomic mass is 9.86. The maximum Gasteiger partial charge on any atom is 0.251 e. The molecule has 1 aromatic carbocycles. The Kier molecular flexibility index (Phi) is 4.53. The first-order valence-corrected chi connectivity index (χ1v) is 7.19. The van der Waals surface area contributed by atoms with Gasteiger partial charge in [0, 0.05) is 17.2 Å². The fraction of sp³-hybridized carbons (Fsp3) is 0.467. The van der Waals surface area contributed by atoms with Crippen LogP contribution in [-0.2, 0) is 0 Å². The minimum atomic E-state index is -0.00626. The largest absolute Gasteiger partial charge is 0.389 e. The lowest BCUT2D eigenvalue weighted by Gasteiger charge is -2.29. The zero-order valence-corrected chi connectivity index (χ0v) is 12.0. The van der Waals surface area contributed by atoms with Gasteiger partial charge in [0.25, 0.3) is 5.91 Å². The normalized spacial score (nSPS) is 22.8. The number of benzene rings is 1.